The Bertz CT molecular complexity index is 1100. The van der Waals surface area contributed by atoms with Crippen LogP contribution in [0.25, 0.3) is 0 Å². The first-order valence-corrected chi connectivity index (χ1v) is 22.8. The van der Waals surface area contributed by atoms with Crippen LogP contribution in [0.15, 0.2) is 60.8 Å². The fourth-order valence-electron chi connectivity index (χ4n) is 5.47. The van der Waals surface area contributed by atoms with Gasteiger partial charge in [-0.25, -0.2) is 4.57 Å². The molecule has 11 heteroatoms. The van der Waals surface area contributed by atoms with Gasteiger partial charge in [-0.2, -0.15) is 0 Å². The summed E-state index contributed by atoms with van der Waals surface area (Å²) in [7, 11) is -4.62. The van der Waals surface area contributed by atoms with Gasteiger partial charge in [-0.1, -0.05) is 145 Å². The second kappa shape index (κ2) is 39.9. The number of unbranched alkanes of at least 4 members (excludes halogenated alkanes) is 16. The van der Waals surface area contributed by atoms with Crippen molar-refractivity contribution in [3.8, 4) is 0 Å². The van der Waals surface area contributed by atoms with Gasteiger partial charge in [0.15, 0.2) is 0 Å². The largest absolute Gasteiger partial charge is 0.480 e. The minimum atomic E-state index is -4.62. The van der Waals surface area contributed by atoms with Crippen LogP contribution >= 0.6 is 7.82 Å². The first-order chi connectivity index (χ1) is 26.7. The van der Waals surface area contributed by atoms with Gasteiger partial charge in [0.25, 0.3) is 0 Å². The number of carbonyl (C=O) groups is 2. The van der Waals surface area contributed by atoms with Crippen LogP contribution in [-0.4, -0.2) is 60.5 Å². The molecule has 0 aromatic heterocycles. The number of rotatable bonds is 40. The van der Waals surface area contributed by atoms with Crippen LogP contribution in [0.4, 0.5) is 0 Å². The minimum Gasteiger partial charge on any atom is -0.480 e. The lowest BCUT2D eigenvalue weighted by Gasteiger charge is -2.20. The molecule has 55 heavy (non-hydrogen) atoms. The van der Waals surface area contributed by atoms with Gasteiger partial charge >= 0.3 is 19.8 Å². The first kappa shape index (κ1) is 52.7. The summed E-state index contributed by atoms with van der Waals surface area (Å²) in [4.78, 5) is 33.5. The summed E-state index contributed by atoms with van der Waals surface area (Å²) < 4.78 is 33.3. The molecule has 318 valence electrons. The zero-order valence-corrected chi connectivity index (χ0v) is 35.4. The van der Waals surface area contributed by atoms with Crippen molar-refractivity contribution in [3.05, 3.63) is 60.8 Å². The summed E-state index contributed by atoms with van der Waals surface area (Å²) >= 11 is 0. The van der Waals surface area contributed by atoms with Crippen molar-refractivity contribution in [1.82, 2.24) is 0 Å². The molecule has 3 atom stereocenters. The lowest BCUT2D eigenvalue weighted by atomic mass is 10.1. The highest BCUT2D eigenvalue weighted by molar-refractivity contribution is 7.47. The Balaban J connectivity index is 4.28. The molecule has 3 unspecified atom stereocenters. The quantitative estimate of drug-likeness (QED) is 0.0236. The molecule has 0 spiro atoms. The summed E-state index contributed by atoms with van der Waals surface area (Å²) in [5.74, 6) is -1.80. The number of phosphoric acid groups is 1. The number of esters is 1. The van der Waals surface area contributed by atoms with Crippen LogP contribution in [0, 0.1) is 0 Å². The third-order valence-electron chi connectivity index (χ3n) is 8.78. The van der Waals surface area contributed by atoms with E-state index < -0.39 is 45.1 Å². The lowest BCUT2D eigenvalue weighted by Crippen LogP contribution is -2.34. The van der Waals surface area contributed by atoms with Crippen LogP contribution in [0.3, 0.4) is 0 Å². The van der Waals surface area contributed by atoms with Crippen LogP contribution < -0.4 is 5.73 Å². The average Bonchev–Trinajstić information content (AvgIpc) is 3.16. The molecule has 0 aliphatic carbocycles. The fraction of sp³-hybridized carbons (Fsp3) is 0.727. The average molecular weight is 796 g/mol. The van der Waals surface area contributed by atoms with Crippen LogP contribution in [-0.2, 0) is 32.7 Å². The maximum absolute atomic E-state index is 12.6. The molecule has 0 rings (SSSR count). The number of carboxylic acid groups (broad SMARTS) is 1. The lowest BCUT2D eigenvalue weighted by molar-refractivity contribution is -0.154. The predicted molar refractivity (Wildman–Crippen MR) is 226 cm³/mol. The molecule has 0 amide bonds. The Kier molecular flexibility index (Phi) is 38.2. The van der Waals surface area contributed by atoms with Gasteiger partial charge < -0.3 is 25.2 Å². The molecule has 0 aromatic carbocycles. The van der Waals surface area contributed by atoms with Crippen molar-refractivity contribution >= 4 is 19.8 Å². The Morgan fingerprint density at radius 1 is 0.600 bits per heavy atom. The summed E-state index contributed by atoms with van der Waals surface area (Å²) in [6, 6.07) is -1.48. The van der Waals surface area contributed by atoms with E-state index in [1.165, 1.54) is 57.8 Å². The summed E-state index contributed by atoms with van der Waals surface area (Å²) in [6.07, 6.45) is 46.9. The molecule has 0 aliphatic rings. The maximum atomic E-state index is 12.6. The number of ether oxygens (including phenoxy) is 2. The summed E-state index contributed by atoms with van der Waals surface area (Å²) in [6.45, 7) is 3.70. The number of phosphoric ester groups is 1. The summed E-state index contributed by atoms with van der Waals surface area (Å²) in [5, 5.41) is 8.89. The topological polar surface area (TPSA) is 155 Å². The molecule has 0 aliphatic heterocycles. The third-order valence-corrected chi connectivity index (χ3v) is 9.73. The van der Waals surface area contributed by atoms with Crippen molar-refractivity contribution in [2.45, 2.75) is 180 Å². The fourth-order valence-corrected chi connectivity index (χ4v) is 6.25. The zero-order chi connectivity index (χ0) is 40.5. The Labute approximate surface area is 334 Å². The van der Waals surface area contributed by atoms with Gasteiger partial charge in [0.2, 0.25) is 0 Å². The van der Waals surface area contributed by atoms with Gasteiger partial charge in [-0.15, -0.1) is 0 Å². The Morgan fingerprint density at radius 3 is 1.58 bits per heavy atom. The molecule has 0 fully saturated rings. The highest BCUT2D eigenvalue weighted by Gasteiger charge is 2.27. The standard InChI is InChI=1S/C44H78NO9P/c1-3-5-7-9-11-13-15-17-19-20-21-23-25-27-29-31-33-35-37-51-38-41(39-52-55(49,50)53-40-42(45)44(47)48)54-43(46)36-34-32-30-28-26-24-22-18-16-14-12-10-8-6-4-2/h5,7,11-14,17-19,22,41-42H,3-4,6,8-10,15-16,20-21,23-40,45H2,1-2H3,(H,47,48)(H,49,50)/b7-5-,13-11-,14-12-,19-17-,22-18-. The van der Waals surface area contributed by atoms with Gasteiger partial charge in [0, 0.05) is 13.0 Å². The van der Waals surface area contributed by atoms with Crippen molar-refractivity contribution in [2.75, 3.05) is 26.4 Å². The Hall–Kier alpha value is -2.33. The first-order valence-electron chi connectivity index (χ1n) is 21.3. The van der Waals surface area contributed by atoms with E-state index in [0.717, 1.165) is 83.5 Å². The number of carbonyl (C=O) groups excluding carboxylic acids is 1. The normalized spacial score (nSPS) is 14.5. The SMILES string of the molecule is CC/C=C\C/C=C\C/C=C\CCCCCCCCCCOCC(COP(=O)(O)OCC(N)C(=O)O)OC(=O)CCCCCCC/C=C\C/C=C\CCCCC. The number of carboxylic acids is 1. The van der Waals surface area contributed by atoms with E-state index in [-0.39, 0.29) is 13.0 Å². The molecular weight excluding hydrogens is 717 g/mol. The maximum Gasteiger partial charge on any atom is 0.472 e. The monoisotopic (exact) mass is 796 g/mol. The molecule has 0 bridgehead atoms. The third kappa shape index (κ3) is 39.7. The number of hydrogen-bond acceptors (Lipinski definition) is 8. The van der Waals surface area contributed by atoms with Crippen LogP contribution in [0.1, 0.15) is 168 Å². The molecule has 0 radical (unpaired) electrons. The van der Waals surface area contributed by atoms with E-state index in [2.05, 4.69) is 74.6 Å². The molecular formula is C44H78NO9P. The van der Waals surface area contributed by atoms with E-state index in [1.807, 2.05) is 0 Å². The molecule has 0 saturated carbocycles. The van der Waals surface area contributed by atoms with E-state index in [4.69, 9.17) is 29.4 Å². The molecule has 4 N–H and O–H groups in total. The predicted octanol–water partition coefficient (Wildman–Crippen LogP) is 11.6. The second-order valence-electron chi connectivity index (χ2n) is 14.1. The number of allylic oxidation sites excluding steroid dienone is 10. The highest BCUT2D eigenvalue weighted by atomic mass is 31.2. The van der Waals surface area contributed by atoms with Crippen LogP contribution in [0.5, 0.6) is 0 Å². The minimum absolute atomic E-state index is 0.00355. The zero-order valence-electron chi connectivity index (χ0n) is 34.5. The van der Waals surface area contributed by atoms with Crippen LogP contribution in [0.2, 0.25) is 0 Å². The Morgan fingerprint density at radius 2 is 1.05 bits per heavy atom. The number of hydrogen-bond donors (Lipinski definition) is 3. The van der Waals surface area contributed by atoms with Crippen molar-refractivity contribution < 1.29 is 42.7 Å². The van der Waals surface area contributed by atoms with Gasteiger partial charge in [-0.3, -0.25) is 18.6 Å². The number of nitrogens with two attached hydrogens (primary N) is 1. The van der Waals surface area contributed by atoms with Crippen molar-refractivity contribution in [1.29, 1.82) is 0 Å². The smallest absolute Gasteiger partial charge is 0.472 e. The van der Waals surface area contributed by atoms with E-state index in [9.17, 15) is 19.0 Å². The molecule has 0 saturated heterocycles. The van der Waals surface area contributed by atoms with Gasteiger partial charge in [0.05, 0.1) is 19.8 Å². The van der Waals surface area contributed by atoms with E-state index >= 15 is 0 Å². The van der Waals surface area contributed by atoms with E-state index in [0.29, 0.717) is 13.0 Å². The van der Waals surface area contributed by atoms with Gasteiger partial charge in [0.1, 0.15) is 12.1 Å². The summed E-state index contributed by atoms with van der Waals surface area (Å²) in [5.41, 5.74) is 5.35. The molecule has 0 heterocycles. The van der Waals surface area contributed by atoms with Crippen molar-refractivity contribution in [3.63, 3.8) is 0 Å². The molecule has 0 aromatic rings. The second-order valence-corrected chi connectivity index (χ2v) is 15.5. The van der Waals surface area contributed by atoms with E-state index in [1.54, 1.807) is 0 Å². The van der Waals surface area contributed by atoms with Crippen molar-refractivity contribution in [2.24, 2.45) is 5.73 Å². The highest BCUT2D eigenvalue weighted by Crippen LogP contribution is 2.43. The number of aliphatic carboxylic acids is 1. The molecule has 10 nitrogen and oxygen atoms in total. The van der Waals surface area contributed by atoms with Gasteiger partial charge in [-0.05, 0) is 77.0 Å².